The first-order chi connectivity index (χ1) is 8.21. The Morgan fingerprint density at radius 2 is 2.00 bits per heavy atom. The lowest BCUT2D eigenvalue weighted by Crippen LogP contribution is -2.30. The highest BCUT2D eigenvalue weighted by Crippen LogP contribution is 2.10. The number of hydrogen-bond donors (Lipinski definition) is 1. The molecular weight excluding hydrogens is 210 g/mol. The normalized spacial score (nSPS) is 11.4. The fraction of sp³-hybridized carbons (Fsp3) is 0.643. The molecule has 1 aromatic rings. The van der Waals surface area contributed by atoms with E-state index >= 15 is 0 Å². The lowest BCUT2D eigenvalue weighted by atomic mass is 10.1. The molecule has 96 valence electrons. The largest absolute Gasteiger partial charge is 0.316 e. The van der Waals surface area contributed by atoms with E-state index in [2.05, 4.69) is 48.2 Å². The van der Waals surface area contributed by atoms with Crippen molar-refractivity contribution in [2.75, 3.05) is 14.1 Å². The third-order valence-corrected chi connectivity index (χ3v) is 3.24. The number of nitrogens with one attached hydrogen (secondary N) is 1. The van der Waals surface area contributed by atoms with Crippen LogP contribution in [0.25, 0.3) is 0 Å². The Morgan fingerprint density at radius 1 is 1.29 bits per heavy atom. The number of aromatic nitrogens is 1. The van der Waals surface area contributed by atoms with Crippen LogP contribution in [0.2, 0.25) is 0 Å². The molecule has 0 unspecified atom stereocenters. The van der Waals surface area contributed by atoms with Crippen molar-refractivity contribution in [1.82, 2.24) is 15.2 Å². The lowest BCUT2D eigenvalue weighted by Gasteiger charge is -2.25. The highest BCUT2D eigenvalue weighted by atomic mass is 15.1. The van der Waals surface area contributed by atoms with Crippen LogP contribution < -0.4 is 5.32 Å². The average molecular weight is 235 g/mol. The van der Waals surface area contributed by atoms with Crippen LogP contribution in [-0.2, 0) is 13.1 Å². The minimum Gasteiger partial charge on any atom is -0.316 e. The molecule has 0 radical (unpaired) electrons. The van der Waals surface area contributed by atoms with Crippen molar-refractivity contribution in [3.05, 3.63) is 29.6 Å². The maximum atomic E-state index is 4.51. The van der Waals surface area contributed by atoms with Gasteiger partial charge in [0.05, 0.1) is 5.69 Å². The molecule has 1 heterocycles. The van der Waals surface area contributed by atoms with Crippen molar-refractivity contribution in [2.45, 2.75) is 45.8 Å². The Morgan fingerprint density at radius 3 is 2.47 bits per heavy atom. The highest BCUT2D eigenvalue weighted by Gasteiger charge is 2.10. The zero-order valence-corrected chi connectivity index (χ0v) is 11.5. The summed E-state index contributed by atoms with van der Waals surface area (Å²) in [6, 6.07) is 4.94. The third-order valence-electron chi connectivity index (χ3n) is 3.24. The molecule has 0 bridgehead atoms. The predicted molar refractivity (Wildman–Crippen MR) is 72.8 cm³/mol. The van der Waals surface area contributed by atoms with Gasteiger partial charge in [0.25, 0.3) is 0 Å². The number of nitrogens with zero attached hydrogens (tertiary/aromatic N) is 2. The van der Waals surface area contributed by atoms with Gasteiger partial charge >= 0.3 is 0 Å². The Balaban J connectivity index is 2.56. The van der Waals surface area contributed by atoms with Gasteiger partial charge in [0.1, 0.15) is 0 Å². The van der Waals surface area contributed by atoms with E-state index in [-0.39, 0.29) is 0 Å². The molecular formula is C14H25N3. The molecule has 0 fully saturated rings. The van der Waals surface area contributed by atoms with E-state index in [1.807, 2.05) is 13.2 Å². The number of rotatable bonds is 7. The summed E-state index contributed by atoms with van der Waals surface area (Å²) in [5, 5.41) is 3.13. The summed E-state index contributed by atoms with van der Waals surface area (Å²) in [5.41, 5.74) is 2.39. The van der Waals surface area contributed by atoms with Gasteiger partial charge in [-0.3, -0.25) is 9.88 Å². The third kappa shape index (κ3) is 4.44. The van der Waals surface area contributed by atoms with E-state index in [0.29, 0.717) is 6.04 Å². The minimum absolute atomic E-state index is 0.661. The first-order valence-electron chi connectivity index (χ1n) is 6.49. The summed E-state index contributed by atoms with van der Waals surface area (Å²) in [5.74, 6) is 0. The lowest BCUT2D eigenvalue weighted by molar-refractivity contribution is 0.219. The Bertz CT molecular complexity index is 304. The van der Waals surface area contributed by atoms with Crippen LogP contribution in [0.1, 0.15) is 37.9 Å². The highest BCUT2D eigenvalue weighted by molar-refractivity contribution is 5.13. The maximum Gasteiger partial charge on any atom is 0.0544 e. The summed E-state index contributed by atoms with van der Waals surface area (Å²) in [6.45, 7) is 6.31. The van der Waals surface area contributed by atoms with Gasteiger partial charge in [-0.2, -0.15) is 0 Å². The van der Waals surface area contributed by atoms with Crippen molar-refractivity contribution in [1.29, 1.82) is 0 Å². The van der Waals surface area contributed by atoms with Crippen molar-refractivity contribution in [3.63, 3.8) is 0 Å². The van der Waals surface area contributed by atoms with Gasteiger partial charge in [0, 0.05) is 25.3 Å². The monoisotopic (exact) mass is 235 g/mol. The standard InChI is InChI=1S/C14H25N3/c1-5-14(6-2)17(4)11-13-8-7-12(9-15-3)10-16-13/h7-8,10,14-15H,5-6,9,11H2,1-4H3. The van der Waals surface area contributed by atoms with Crippen molar-refractivity contribution < 1.29 is 0 Å². The fourth-order valence-corrected chi connectivity index (χ4v) is 2.15. The second-order valence-corrected chi connectivity index (χ2v) is 4.57. The smallest absolute Gasteiger partial charge is 0.0544 e. The van der Waals surface area contributed by atoms with E-state index in [0.717, 1.165) is 18.8 Å². The summed E-state index contributed by atoms with van der Waals surface area (Å²) in [4.78, 5) is 6.90. The van der Waals surface area contributed by atoms with Crippen molar-refractivity contribution >= 4 is 0 Å². The van der Waals surface area contributed by atoms with Gasteiger partial charge in [-0.25, -0.2) is 0 Å². The first kappa shape index (κ1) is 14.1. The molecule has 0 saturated carbocycles. The Kier molecular flexibility index (Phi) is 6.16. The molecule has 0 aliphatic rings. The number of hydrogen-bond acceptors (Lipinski definition) is 3. The van der Waals surface area contributed by atoms with Gasteiger partial charge in [-0.05, 0) is 38.6 Å². The molecule has 0 aromatic carbocycles. The molecule has 0 aliphatic heterocycles. The maximum absolute atomic E-state index is 4.51. The van der Waals surface area contributed by atoms with Crippen LogP contribution in [0.3, 0.4) is 0 Å². The second-order valence-electron chi connectivity index (χ2n) is 4.57. The molecule has 3 heteroatoms. The van der Waals surface area contributed by atoms with Gasteiger partial charge in [-0.15, -0.1) is 0 Å². The van der Waals surface area contributed by atoms with Gasteiger partial charge in [0.15, 0.2) is 0 Å². The molecule has 0 aliphatic carbocycles. The molecule has 0 spiro atoms. The Hall–Kier alpha value is -0.930. The van der Waals surface area contributed by atoms with Crippen LogP contribution in [0.15, 0.2) is 18.3 Å². The molecule has 0 saturated heterocycles. The van der Waals surface area contributed by atoms with E-state index in [1.165, 1.54) is 18.4 Å². The summed E-state index contributed by atoms with van der Waals surface area (Å²) in [6.07, 6.45) is 4.36. The van der Waals surface area contributed by atoms with Crippen LogP contribution in [0.5, 0.6) is 0 Å². The molecule has 1 N–H and O–H groups in total. The SMILES string of the molecule is CCC(CC)N(C)Cc1ccc(CNC)cn1. The zero-order chi connectivity index (χ0) is 12.7. The first-order valence-corrected chi connectivity index (χ1v) is 6.49. The number of pyridine rings is 1. The van der Waals surface area contributed by atoms with Crippen LogP contribution in [0.4, 0.5) is 0 Å². The Labute approximate surface area is 105 Å². The van der Waals surface area contributed by atoms with Gasteiger partial charge < -0.3 is 5.32 Å². The zero-order valence-electron chi connectivity index (χ0n) is 11.5. The molecule has 1 rings (SSSR count). The van der Waals surface area contributed by atoms with Gasteiger partial charge in [0.2, 0.25) is 0 Å². The summed E-state index contributed by atoms with van der Waals surface area (Å²) in [7, 11) is 4.13. The van der Waals surface area contributed by atoms with Crippen LogP contribution in [0, 0.1) is 0 Å². The van der Waals surface area contributed by atoms with Crippen LogP contribution in [-0.4, -0.2) is 30.0 Å². The van der Waals surface area contributed by atoms with E-state index in [1.54, 1.807) is 0 Å². The topological polar surface area (TPSA) is 28.2 Å². The van der Waals surface area contributed by atoms with Crippen LogP contribution >= 0.6 is 0 Å². The van der Waals surface area contributed by atoms with Crippen molar-refractivity contribution in [2.24, 2.45) is 0 Å². The fourth-order valence-electron chi connectivity index (χ4n) is 2.15. The molecule has 17 heavy (non-hydrogen) atoms. The second kappa shape index (κ2) is 7.41. The molecule has 0 amide bonds. The molecule has 3 nitrogen and oxygen atoms in total. The minimum atomic E-state index is 0.661. The molecule has 0 atom stereocenters. The summed E-state index contributed by atoms with van der Waals surface area (Å²) < 4.78 is 0. The summed E-state index contributed by atoms with van der Waals surface area (Å²) >= 11 is 0. The van der Waals surface area contributed by atoms with Gasteiger partial charge in [-0.1, -0.05) is 19.9 Å². The quantitative estimate of drug-likeness (QED) is 0.786. The van der Waals surface area contributed by atoms with Crippen molar-refractivity contribution in [3.8, 4) is 0 Å². The van der Waals surface area contributed by atoms with E-state index in [9.17, 15) is 0 Å². The van der Waals surface area contributed by atoms with E-state index in [4.69, 9.17) is 0 Å². The predicted octanol–water partition coefficient (Wildman–Crippen LogP) is 2.42. The average Bonchev–Trinajstić information content (AvgIpc) is 2.33. The molecule has 1 aromatic heterocycles. The van der Waals surface area contributed by atoms with E-state index < -0.39 is 0 Å².